The average Bonchev–Trinajstić information content (AvgIpc) is 2.92. The van der Waals surface area contributed by atoms with Crippen molar-refractivity contribution in [1.82, 2.24) is 0 Å². The minimum atomic E-state index is -0.933. The molecule has 0 spiro atoms. The summed E-state index contributed by atoms with van der Waals surface area (Å²) in [6.45, 7) is 4.31. The fourth-order valence-corrected chi connectivity index (χ4v) is 2.87. The third-order valence-electron chi connectivity index (χ3n) is 4.34. The van der Waals surface area contributed by atoms with Gasteiger partial charge in [-0.2, -0.15) is 0 Å². The van der Waals surface area contributed by atoms with Crippen LogP contribution in [0.25, 0.3) is 0 Å². The van der Waals surface area contributed by atoms with Crippen molar-refractivity contribution in [1.29, 1.82) is 0 Å². The summed E-state index contributed by atoms with van der Waals surface area (Å²) < 4.78 is 5.65. The number of amides is 1. The van der Waals surface area contributed by atoms with Crippen molar-refractivity contribution in [3.63, 3.8) is 0 Å². The Balaban J connectivity index is 1.83. The predicted octanol–water partition coefficient (Wildman–Crippen LogP) is 3.05. The fraction of sp³-hybridized carbons (Fsp3) is 0.263. The number of anilines is 1. The van der Waals surface area contributed by atoms with E-state index in [0.29, 0.717) is 17.9 Å². The lowest BCUT2D eigenvalue weighted by molar-refractivity contribution is -0.136. The van der Waals surface area contributed by atoms with Crippen LogP contribution in [0.5, 0.6) is 5.75 Å². The number of benzene rings is 2. The monoisotopic (exact) mass is 325 g/mol. The molecule has 0 fully saturated rings. The number of carbonyl (C=O) groups excluding carboxylic acids is 1. The summed E-state index contributed by atoms with van der Waals surface area (Å²) in [5.41, 5.74) is 4.23. The Morgan fingerprint density at radius 3 is 2.67 bits per heavy atom. The number of rotatable bonds is 4. The van der Waals surface area contributed by atoms with Gasteiger partial charge < -0.3 is 15.2 Å². The molecule has 0 bridgehead atoms. The van der Waals surface area contributed by atoms with Gasteiger partial charge in [-0.25, -0.2) is 0 Å². The molecule has 0 saturated heterocycles. The molecule has 0 aromatic heterocycles. The SMILES string of the molecule is Cc1cc2c(cc1C)C(C(=O)Nc1ccccc1CC(=O)O)CO2. The number of carboxylic acid groups (broad SMARTS) is 1. The first-order chi connectivity index (χ1) is 11.5. The standard InChI is InChI=1S/C19H19NO4/c1-11-7-14-15(10-24-17(14)8-12(11)2)19(23)20-16-6-4-3-5-13(16)9-18(21)22/h3-8,15H,9-10H2,1-2H3,(H,20,23)(H,21,22). The predicted molar refractivity (Wildman–Crippen MR) is 90.6 cm³/mol. The third kappa shape index (κ3) is 3.11. The number of para-hydroxylation sites is 1. The van der Waals surface area contributed by atoms with E-state index in [0.717, 1.165) is 22.4 Å². The summed E-state index contributed by atoms with van der Waals surface area (Å²) in [6.07, 6.45) is -0.132. The Kier molecular flexibility index (Phi) is 4.25. The molecule has 1 aliphatic rings. The zero-order chi connectivity index (χ0) is 17.3. The molecule has 0 saturated carbocycles. The Morgan fingerprint density at radius 1 is 1.21 bits per heavy atom. The molecule has 1 amide bonds. The van der Waals surface area contributed by atoms with Gasteiger partial charge in [0.25, 0.3) is 0 Å². The molecule has 0 aliphatic carbocycles. The molecule has 2 aromatic carbocycles. The zero-order valence-corrected chi connectivity index (χ0v) is 13.6. The molecule has 2 aromatic rings. The van der Waals surface area contributed by atoms with E-state index in [-0.39, 0.29) is 12.3 Å². The molecule has 1 heterocycles. The zero-order valence-electron chi connectivity index (χ0n) is 13.6. The minimum Gasteiger partial charge on any atom is -0.492 e. The summed E-state index contributed by atoms with van der Waals surface area (Å²) in [4.78, 5) is 23.6. The van der Waals surface area contributed by atoms with Crippen molar-refractivity contribution in [3.05, 3.63) is 58.7 Å². The number of nitrogens with one attached hydrogen (secondary N) is 1. The quantitative estimate of drug-likeness (QED) is 0.906. The van der Waals surface area contributed by atoms with Gasteiger partial charge in [-0.1, -0.05) is 24.3 Å². The maximum absolute atomic E-state index is 12.7. The Morgan fingerprint density at radius 2 is 1.92 bits per heavy atom. The van der Waals surface area contributed by atoms with Crippen LogP contribution < -0.4 is 10.1 Å². The largest absolute Gasteiger partial charge is 0.492 e. The minimum absolute atomic E-state index is 0.132. The van der Waals surface area contributed by atoms with Crippen LogP contribution in [0.3, 0.4) is 0 Å². The topological polar surface area (TPSA) is 75.6 Å². The number of fused-ring (bicyclic) bond motifs is 1. The fourth-order valence-electron chi connectivity index (χ4n) is 2.87. The number of carbonyl (C=O) groups is 2. The van der Waals surface area contributed by atoms with E-state index >= 15 is 0 Å². The van der Waals surface area contributed by atoms with Crippen LogP contribution in [0, 0.1) is 13.8 Å². The molecule has 24 heavy (non-hydrogen) atoms. The molecule has 5 heteroatoms. The highest BCUT2D eigenvalue weighted by Gasteiger charge is 2.31. The molecule has 5 nitrogen and oxygen atoms in total. The van der Waals surface area contributed by atoms with Crippen molar-refractivity contribution in [3.8, 4) is 5.75 Å². The lowest BCUT2D eigenvalue weighted by Crippen LogP contribution is -2.23. The molecular weight excluding hydrogens is 306 g/mol. The molecular formula is C19H19NO4. The second-order valence-electron chi connectivity index (χ2n) is 6.05. The molecule has 1 aliphatic heterocycles. The van der Waals surface area contributed by atoms with Gasteiger partial charge in [0.15, 0.2) is 0 Å². The van der Waals surface area contributed by atoms with Crippen LogP contribution in [-0.4, -0.2) is 23.6 Å². The van der Waals surface area contributed by atoms with Gasteiger partial charge >= 0.3 is 5.97 Å². The van der Waals surface area contributed by atoms with Gasteiger partial charge in [0.2, 0.25) is 5.91 Å². The van der Waals surface area contributed by atoms with Gasteiger partial charge in [-0.05, 0) is 42.7 Å². The third-order valence-corrected chi connectivity index (χ3v) is 4.34. The van der Waals surface area contributed by atoms with E-state index < -0.39 is 11.9 Å². The van der Waals surface area contributed by atoms with Crippen molar-refractivity contribution in [2.45, 2.75) is 26.2 Å². The number of hydrogen-bond donors (Lipinski definition) is 2. The molecule has 2 N–H and O–H groups in total. The van der Waals surface area contributed by atoms with Crippen molar-refractivity contribution >= 4 is 17.6 Å². The normalized spacial score (nSPS) is 15.5. The molecule has 1 unspecified atom stereocenters. The first kappa shape index (κ1) is 16.1. The van der Waals surface area contributed by atoms with Crippen LogP contribution in [0.15, 0.2) is 36.4 Å². The highest BCUT2D eigenvalue weighted by molar-refractivity contribution is 5.98. The second-order valence-corrected chi connectivity index (χ2v) is 6.05. The van der Waals surface area contributed by atoms with Gasteiger partial charge in [-0.15, -0.1) is 0 Å². The van der Waals surface area contributed by atoms with Crippen molar-refractivity contribution in [2.75, 3.05) is 11.9 Å². The Labute approximate surface area is 140 Å². The van der Waals surface area contributed by atoms with Gasteiger partial charge in [0.05, 0.1) is 6.42 Å². The van der Waals surface area contributed by atoms with E-state index in [4.69, 9.17) is 9.84 Å². The number of aryl methyl sites for hydroxylation is 2. The maximum atomic E-state index is 12.7. The van der Waals surface area contributed by atoms with Gasteiger partial charge in [-0.3, -0.25) is 9.59 Å². The van der Waals surface area contributed by atoms with E-state index in [1.807, 2.05) is 26.0 Å². The molecule has 1 atom stereocenters. The van der Waals surface area contributed by atoms with Crippen molar-refractivity contribution in [2.24, 2.45) is 0 Å². The number of aliphatic carboxylic acids is 1. The molecule has 0 radical (unpaired) electrons. The number of carboxylic acids is 1. The summed E-state index contributed by atoms with van der Waals surface area (Å²) in [6, 6.07) is 10.9. The van der Waals surface area contributed by atoms with Crippen LogP contribution >= 0.6 is 0 Å². The average molecular weight is 325 g/mol. The molecule has 124 valence electrons. The van der Waals surface area contributed by atoms with Crippen LogP contribution in [0.2, 0.25) is 0 Å². The van der Waals surface area contributed by atoms with Crippen LogP contribution in [-0.2, 0) is 16.0 Å². The van der Waals surface area contributed by atoms with Gasteiger partial charge in [0.1, 0.15) is 18.3 Å². The summed E-state index contributed by atoms with van der Waals surface area (Å²) in [5, 5.41) is 11.8. The Bertz CT molecular complexity index is 813. The first-order valence-electron chi connectivity index (χ1n) is 7.80. The lowest BCUT2D eigenvalue weighted by atomic mass is 9.96. The van der Waals surface area contributed by atoms with E-state index in [9.17, 15) is 9.59 Å². The Hall–Kier alpha value is -2.82. The highest BCUT2D eigenvalue weighted by atomic mass is 16.5. The van der Waals surface area contributed by atoms with E-state index in [1.165, 1.54) is 0 Å². The smallest absolute Gasteiger partial charge is 0.307 e. The second kappa shape index (κ2) is 6.35. The van der Waals surface area contributed by atoms with Crippen LogP contribution in [0.4, 0.5) is 5.69 Å². The number of ether oxygens (including phenoxy) is 1. The first-order valence-corrected chi connectivity index (χ1v) is 7.80. The summed E-state index contributed by atoms with van der Waals surface area (Å²) in [7, 11) is 0. The summed E-state index contributed by atoms with van der Waals surface area (Å²) in [5.74, 6) is -0.763. The van der Waals surface area contributed by atoms with E-state index in [1.54, 1.807) is 24.3 Å². The van der Waals surface area contributed by atoms with E-state index in [2.05, 4.69) is 5.32 Å². The lowest BCUT2D eigenvalue weighted by Gasteiger charge is -2.13. The maximum Gasteiger partial charge on any atom is 0.307 e. The highest BCUT2D eigenvalue weighted by Crippen LogP contribution is 2.36. The van der Waals surface area contributed by atoms with Crippen LogP contribution in [0.1, 0.15) is 28.2 Å². The summed E-state index contributed by atoms with van der Waals surface area (Å²) >= 11 is 0. The number of hydrogen-bond acceptors (Lipinski definition) is 3. The van der Waals surface area contributed by atoms with Crippen molar-refractivity contribution < 1.29 is 19.4 Å². The molecule has 3 rings (SSSR count). The van der Waals surface area contributed by atoms with Gasteiger partial charge in [0, 0.05) is 11.3 Å².